The zero-order valence-corrected chi connectivity index (χ0v) is 14.0. The number of hydrogen-bond donors (Lipinski definition) is 1. The average molecular weight is 281 g/mol. The smallest absolute Gasteiger partial charge is 0.324 e. The first-order valence-electron chi connectivity index (χ1n) is 7.46. The van der Waals surface area contributed by atoms with Crippen LogP contribution in [0.15, 0.2) is 23.3 Å². The SMILES string of the molecule is CCCC(C/C=C(\C)CCC=C(C)C)(C(=O)O)N(C)C. The summed E-state index contributed by atoms with van der Waals surface area (Å²) >= 11 is 0. The summed E-state index contributed by atoms with van der Waals surface area (Å²) in [6.45, 7) is 8.32. The molecular weight excluding hydrogens is 250 g/mol. The Labute approximate surface area is 124 Å². The largest absolute Gasteiger partial charge is 0.480 e. The van der Waals surface area contributed by atoms with Gasteiger partial charge in [0.25, 0.3) is 0 Å². The van der Waals surface area contributed by atoms with Crippen molar-refractivity contribution in [2.75, 3.05) is 14.1 Å². The van der Waals surface area contributed by atoms with E-state index in [0.717, 1.165) is 19.3 Å². The minimum atomic E-state index is -0.771. The number of nitrogens with zero attached hydrogens (tertiary/aromatic N) is 1. The number of rotatable bonds is 9. The first kappa shape index (κ1) is 18.9. The van der Waals surface area contributed by atoms with E-state index in [1.54, 1.807) is 0 Å². The molecule has 0 saturated heterocycles. The lowest BCUT2D eigenvalue weighted by atomic mass is 9.87. The van der Waals surface area contributed by atoms with Crippen LogP contribution in [0.4, 0.5) is 0 Å². The number of hydrogen-bond acceptors (Lipinski definition) is 2. The molecule has 0 rings (SSSR count). The van der Waals surface area contributed by atoms with Gasteiger partial charge in [0.1, 0.15) is 5.54 Å². The van der Waals surface area contributed by atoms with Gasteiger partial charge in [0.05, 0.1) is 0 Å². The lowest BCUT2D eigenvalue weighted by molar-refractivity contribution is -0.150. The molecule has 0 heterocycles. The van der Waals surface area contributed by atoms with Crippen molar-refractivity contribution < 1.29 is 9.90 Å². The van der Waals surface area contributed by atoms with Crippen LogP contribution in [0.1, 0.15) is 59.8 Å². The van der Waals surface area contributed by atoms with E-state index in [-0.39, 0.29) is 0 Å². The number of carbonyl (C=O) groups is 1. The summed E-state index contributed by atoms with van der Waals surface area (Å²) < 4.78 is 0. The average Bonchev–Trinajstić information content (AvgIpc) is 2.33. The van der Waals surface area contributed by atoms with Crippen LogP contribution in [-0.4, -0.2) is 35.6 Å². The molecule has 0 fully saturated rings. The molecule has 0 amide bonds. The molecule has 0 aromatic heterocycles. The highest BCUT2D eigenvalue weighted by atomic mass is 16.4. The van der Waals surface area contributed by atoms with Crippen molar-refractivity contribution in [1.29, 1.82) is 0 Å². The maximum absolute atomic E-state index is 11.7. The normalized spacial score (nSPS) is 15.1. The van der Waals surface area contributed by atoms with Gasteiger partial charge in [-0.05, 0) is 60.5 Å². The first-order chi connectivity index (χ1) is 9.26. The van der Waals surface area contributed by atoms with Crippen LogP contribution in [0.2, 0.25) is 0 Å². The number of carboxylic acid groups (broad SMARTS) is 1. The predicted molar refractivity (Wildman–Crippen MR) is 86.0 cm³/mol. The Balaban J connectivity index is 4.82. The topological polar surface area (TPSA) is 40.5 Å². The Morgan fingerprint density at radius 1 is 1.20 bits per heavy atom. The summed E-state index contributed by atoms with van der Waals surface area (Å²) in [5, 5.41) is 9.61. The molecule has 3 nitrogen and oxygen atoms in total. The number of allylic oxidation sites excluding steroid dienone is 3. The summed E-state index contributed by atoms with van der Waals surface area (Å²) in [6, 6.07) is 0. The Morgan fingerprint density at radius 3 is 2.20 bits per heavy atom. The maximum atomic E-state index is 11.7. The van der Waals surface area contributed by atoms with Crippen molar-refractivity contribution in [2.24, 2.45) is 0 Å². The van der Waals surface area contributed by atoms with E-state index >= 15 is 0 Å². The van der Waals surface area contributed by atoms with Crippen molar-refractivity contribution in [1.82, 2.24) is 4.90 Å². The van der Waals surface area contributed by atoms with Gasteiger partial charge in [0, 0.05) is 0 Å². The van der Waals surface area contributed by atoms with E-state index in [9.17, 15) is 9.90 Å². The minimum absolute atomic E-state index is 0.573. The molecule has 0 aliphatic rings. The Bertz CT molecular complexity index is 365. The van der Waals surface area contributed by atoms with Crippen molar-refractivity contribution in [3.63, 3.8) is 0 Å². The van der Waals surface area contributed by atoms with E-state index in [1.807, 2.05) is 25.9 Å². The molecule has 0 aromatic rings. The van der Waals surface area contributed by atoms with Gasteiger partial charge < -0.3 is 5.11 Å². The highest BCUT2D eigenvalue weighted by molar-refractivity contribution is 5.79. The van der Waals surface area contributed by atoms with Crippen LogP contribution in [0.3, 0.4) is 0 Å². The van der Waals surface area contributed by atoms with Gasteiger partial charge in [-0.15, -0.1) is 0 Å². The number of likely N-dealkylation sites (N-methyl/N-ethyl adjacent to an activating group) is 1. The number of aliphatic carboxylic acids is 1. The zero-order chi connectivity index (χ0) is 15.8. The molecule has 0 bridgehead atoms. The fraction of sp³-hybridized carbons (Fsp3) is 0.706. The molecule has 0 spiro atoms. The first-order valence-corrected chi connectivity index (χ1v) is 7.46. The third kappa shape index (κ3) is 5.91. The molecule has 20 heavy (non-hydrogen) atoms. The molecule has 0 radical (unpaired) electrons. The van der Waals surface area contributed by atoms with Crippen molar-refractivity contribution >= 4 is 5.97 Å². The molecule has 116 valence electrons. The second-order valence-electron chi connectivity index (χ2n) is 6.06. The van der Waals surface area contributed by atoms with Crippen molar-refractivity contribution in [2.45, 2.75) is 65.3 Å². The highest BCUT2D eigenvalue weighted by Crippen LogP contribution is 2.26. The molecular formula is C17H31NO2. The van der Waals surface area contributed by atoms with Crippen LogP contribution >= 0.6 is 0 Å². The van der Waals surface area contributed by atoms with Gasteiger partial charge in [-0.1, -0.05) is 36.6 Å². The Kier molecular flexibility index (Phi) is 8.47. The summed E-state index contributed by atoms with van der Waals surface area (Å²) in [4.78, 5) is 13.5. The standard InChI is InChI=1S/C17H31NO2/c1-7-12-17(16(19)20,18(5)6)13-11-15(4)10-8-9-14(2)3/h9,11H,7-8,10,12-13H2,1-6H3,(H,19,20)/b15-11+. The fourth-order valence-electron chi connectivity index (χ4n) is 2.34. The summed E-state index contributed by atoms with van der Waals surface area (Å²) in [5.74, 6) is -0.724. The van der Waals surface area contributed by atoms with E-state index < -0.39 is 11.5 Å². The summed E-state index contributed by atoms with van der Waals surface area (Å²) in [7, 11) is 3.71. The molecule has 0 aliphatic carbocycles. The van der Waals surface area contributed by atoms with Crippen molar-refractivity contribution in [3.05, 3.63) is 23.3 Å². The quantitative estimate of drug-likeness (QED) is 0.642. The van der Waals surface area contributed by atoms with Gasteiger partial charge in [-0.3, -0.25) is 9.69 Å². The fourth-order valence-corrected chi connectivity index (χ4v) is 2.34. The molecule has 1 N–H and O–H groups in total. The summed E-state index contributed by atoms with van der Waals surface area (Å²) in [5.41, 5.74) is 1.83. The third-order valence-electron chi connectivity index (χ3n) is 3.80. The Hall–Kier alpha value is -1.09. The van der Waals surface area contributed by atoms with Gasteiger partial charge in [-0.2, -0.15) is 0 Å². The molecule has 3 heteroatoms. The lowest BCUT2D eigenvalue weighted by Crippen LogP contribution is -2.50. The second-order valence-corrected chi connectivity index (χ2v) is 6.06. The molecule has 0 saturated carbocycles. The molecule has 0 aliphatic heterocycles. The highest BCUT2D eigenvalue weighted by Gasteiger charge is 2.38. The molecule has 1 unspecified atom stereocenters. The Morgan fingerprint density at radius 2 is 1.80 bits per heavy atom. The predicted octanol–water partition coefficient (Wildman–Crippen LogP) is 4.25. The van der Waals surface area contributed by atoms with Gasteiger partial charge >= 0.3 is 5.97 Å². The van der Waals surface area contributed by atoms with Crippen LogP contribution < -0.4 is 0 Å². The second kappa shape index (κ2) is 8.96. The van der Waals surface area contributed by atoms with E-state index in [4.69, 9.17) is 0 Å². The molecule has 0 aromatic carbocycles. The van der Waals surface area contributed by atoms with Crippen LogP contribution in [0, 0.1) is 0 Å². The van der Waals surface area contributed by atoms with Gasteiger partial charge in [0.15, 0.2) is 0 Å². The maximum Gasteiger partial charge on any atom is 0.324 e. The van der Waals surface area contributed by atoms with Crippen LogP contribution in [0.25, 0.3) is 0 Å². The van der Waals surface area contributed by atoms with Crippen LogP contribution in [0.5, 0.6) is 0 Å². The monoisotopic (exact) mass is 281 g/mol. The van der Waals surface area contributed by atoms with E-state index in [1.165, 1.54) is 11.1 Å². The lowest BCUT2D eigenvalue weighted by Gasteiger charge is -2.35. The molecule has 1 atom stereocenters. The zero-order valence-electron chi connectivity index (χ0n) is 14.0. The number of carboxylic acids is 1. The minimum Gasteiger partial charge on any atom is -0.480 e. The van der Waals surface area contributed by atoms with Crippen LogP contribution in [-0.2, 0) is 4.79 Å². The van der Waals surface area contributed by atoms with Gasteiger partial charge in [-0.25, -0.2) is 0 Å². The van der Waals surface area contributed by atoms with Gasteiger partial charge in [0.2, 0.25) is 0 Å². The van der Waals surface area contributed by atoms with E-state index in [2.05, 4.69) is 32.9 Å². The van der Waals surface area contributed by atoms with Crippen molar-refractivity contribution in [3.8, 4) is 0 Å². The van der Waals surface area contributed by atoms with E-state index in [0.29, 0.717) is 12.8 Å². The summed E-state index contributed by atoms with van der Waals surface area (Å²) in [6.07, 6.45) is 8.47. The third-order valence-corrected chi connectivity index (χ3v) is 3.80.